The second-order valence-corrected chi connectivity index (χ2v) is 4.73. The minimum Gasteiger partial charge on any atom is -0.465 e. The molecule has 1 aromatic heterocycles. The minimum absolute atomic E-state index is 0.0773. The van der Waals surface area contributed by atoms with Crippen LogP contribution >= 0.6 is 0 Å². The Balaban J connectivity index is 2.79. The molecule has 7 heteroatoms. The summed E-state index contributed by atoms with van der Waals surface area (Å²) in [5.74, 6) is 0.123. The van der Waals surface area contributed by atoms with Gasteiger partial charge in [0.25, 0.3) is 5.91 Å². The number of esters is 1. The Kier molecular flexibility index (Phi) is 6.14. The van der Waals surface area contributed by atoms with Crippen LogP contribution in [0.15, 0.2) is 0 Å². The zero-order valence-corrected chi connectivity index (χ0v) is 12.5. The summed E-state index contributed by atoms with van der Waals surface area (Å²) in [6, 6.07) is 0. The monoisotopic (exact) mass is 282 g/mol. The summed E-state index contributed by atoms with van der Waals surface area (Å²) in [5, 5.41) is 6.65. The van der Waals surface area contributed by atoms with Crippen molar-refractivity contribution in [2.75, 3.05) is 19.7 Å². The Labute approximate surface area is 118 Å². The van der Waals surface area contributed by atoms with Gasteiger partial charge in [-0.15, -0.1) is 5.10 Å². The Hall–Kier alpha value is -1.92. The van der Waals surface area contributed by atoms with E-state index in [1.165, 1.54) is 4.90 Å². The van der Waals surface area contributed by atoms with Crippen LogP contribution in [0.25, 0.3) is 0 Å². The number of nitrogens with zero attached hydrogens (tertiary/aromatic N) is 3. The van der Waals surface area contributed by atoms with Crippen molar-refractivity contribution in [1.29, 1.82) is 0 Å². The lowest BCUT2D eigenvalue weighted by molar-refractivity contribution is -0.143. The van der Waals surface area contributed by atoms with E-state index in [-0.39, 0.29) is 24.2 Å². The smallest absolute Gasteiger partial charge is 0.325 e. The first-order chi connectivity index (χ1) is 9.49. The fourth-order valence-electron chi connectivity index (χ4n) is 1.65. The van der Waals surface area contributed by atoms with Gasteiger partial charge in [0.1, 0.15) is 12.4 Å². The van der Waals surface area contributed by atoms with E-state index < -0.39 is 5.97 Å². The molecule has 0 fully saturated rings. The maximum Gasteiger partial charge on any atom is 0.325 e. The lowest BCUT2D eigenvalue weighted by Gasteiger charge is -2.19. The van der Waals surface area contributed by atoms with Crippen LogP contribution in [0.3, 0.4) is 0 Å². The third-order valence-electron chi connectivity index (χ3n) is 2.65. The molecule has 0 radical (unpaired) electrons. The number of aromatic nitrogens is 3. The van der Waals surface area contributed by atoms with Crippen molar-refractivity contribution in [2.24, 2.45) is 0 Å². The summed E-state index contributed by atoms with van der Waals surface area (Å²) in [6.07, 6.45) is 0.743. The highest BCUT2D eigenvalue weighted by atomic mass is 16.5. The highest BCUT2D eigenvalue weighted by Crippen LogP contribution is 2.09. The second kappa shape index (κ2) is 7.62. The van der Waals surface area contributed by atoms with E-state index in [2.05, 4.69) is 15.2 Å². The van der Waals surface area contributed by atoms with E-state index in [1.54, 1.807) is 6.92 Å². The van der Waals surface area contributed by atoms with E-state index in [0.29, 0.717) is 19.0 Å². The van der Waals surface area contributed by atoms with Gasteiger partial charge < -0.3 is 9.64 Å². The molecule has 112 valence electrons. The lowest BCUT2D eigenvalue weighted by atomic mass is 10.2. The zero-order valence-electron chi connectivity index (χ0n) is 12.5. The van der Waals surface area contributed by atoms with Gasteiger partial charge in [0, 0.05) is 12.5 Å². The molecule has 20 heavy (non-hydrogen) atoms. The Morgan fingerprint density at radius 2 is 2.05 bits per heavy atom. The van der Waals surface area contributed by atoms with Crippen molar-refractivity contribution in [2.45, 2.75) is 40.0 Å². The Morgan fingerprint density at radius 1 is 1.35 bits per heavy atom. The van der Waals surface area contributed by atoms with E-state index >= 15 is 0 Å². The number of amides is 1. The van der Waals surface area contributed by atoms with Crippen LogP contribution in [0.2, 0.25) is 0 Å². The molecule has 0 aromatic carbocycles. The average molecular weight is 282 g/mol. The highest BCUT2D eigenvalue weighted by Gasteiger charge is 2.22. The topological polar surface area (TPSA) is 88.2 Å². The van der Waals surface area contributed by atoms with Crippen molar-refractivity contribution in [3.05, 3.63) is 11.6 Å². The van der Waals surface area contributed by atoms with E-state index in [1.807, 2.05) is 20.8 Å². The van der Waals surface area contributed by atoms with Crippen LogP contribution in [-0.2, 0) is 9.53 Å². The number of ether oxygens (including phenoxy) is 1. The molecular formula is C13H22N4O3. The van der Waals surface area contributed by atoms with Crippen molar-refractivity contribution in [3.63, 3.8) is 0 Å². The molecule has 1 rings (SSSR count). The van der Waals surface area contributed by atoms with Gasteiger partial charge in [-0.2, -0.15) is 0 Å². The predicted octanol–water partition coefficient (Wildman–Crippen LogP) is 1.34. The number of H-pyrrole nitrogens is 1. The molecule has 1 amide bonds. The fraction of sp³-hybridized carbons (Fsp3) is 0.692. The summed E-state index contributed by atoms with van der Waals surface area (Å²) < 4.78 is 4.87. The fourth-order valence-corrected chi connectivity index (χ4v) is 1.65. The SMILES string of the molecule is CCCN(CC(=O)OCC)C(=O)c1n[nH]c(C(C)C)n1. The summed E-state index contributed by atoms with van der Waals surface area (Å²) in [5.41, 5.74) is 0. The quantitative estimate of drug-likeness (QED) is 0.762. The third-order valence-corrected chi connectivity index (χ3v) is 2.65. The molecule has 1 N–H and O–H groups in total. The minimum atomic E-state index is -0.422. The first-order valence-electron chi connectivity index (χ1n) is 6.86. The normalized spacial score (nSPS) is 10.7. The lowest BCUT2D eigenvalue weighted by Crippen LogP contribution is -2.37. The molecule has 1 aromatic rings. The Bertz CT molecular complexity index is 456. The molecule has 0 unspecified atom stereocenters. The summed E-state index contributed by atoms with van der Waals surface area (Å²) in [7, 11) is 0. The second-order valence-electron chi connectivity index (χ2n) is 4.73. The van der Waals surface area contributed by atoms with Crippen LogP contribution in [0.1, 0.15) is 56.5 Å². The van der Waals surface area contributed by atoms with Crippen LogP contribution in [0.5, 0.6) is 0 Å². The van der Waals surface area contributed by atoms with E-state index in [0.717, 1.165) is 6.42 Å². The van der Waals surface area contributed by atoms with Gasteiger partial charge in [-0.1, -0.05) is 20.8 Å². The number of aromatic amines is 1. The van der Waals surface area contributed by atoms with E-state index in [9.17, 15) is 9.59 Å². The average Bonchev–Trinajstić information content (AvgIpc) is 2.87. The van der Waals surface area contributed by atoms with Crippen molar-refractivity contribution < 1.29 is 14.3 Å². The van der Waals surface area contributed by atoms with Gasteiger partial charge in [0.05, 0.1) is 6.61 Å². The number of rotatable bonds is 7. The first-order valence-corrected chi connectivity index (χ1v) is 6.86. The van der Waals surface area contributed by atoms with Crippen LogP contribution in [-0.4, -0.2) is 51.7 Å². The molecule has 0 spiro atoms. The third kappa shape index (κ3) is 4.32. The molecule has 0 aliphatic carbocycles. The van der Waals surface area contributed by atoms with Gasteiger partial charge >= 0.3 is 5.97 Å². The van der Waals surface area contributed by atoms with Gasteiger partial charge in [0.2, 0.25) is 5.82 Å². The molecule has 0 saturated heterocycles. The largest absolute Gasteiger partial charge is 0.465 e. The molecule has 0 aliphatic rings. The molecule has 7 nitrogen and oxygen atoms in total. The van der Waals surface area contributed by atoms with Gasteiger partial charge in [-0.3, -0.25) is 14.7 Å². The highest BCUT2D eigenvalue weighted by molar-refractivity contribution is 5.92. The van der Waals surface area contributed by atoms with Crippen LogP contribution < -0.4 is 0 Å². The zero-order chi connectivity index (χ0) is 15.1. The van der Waals surface area contributed by atoms with Crippen LogP contribution in [0, 0.1) is 0 Å². The van der Waals surface area contributed by atoms with Crippen molar-refractivity contribution in [3.8, 4) is 0 Å². The standard InChI is InChI=1S/C13H22N4O3/c1-5-7-17(8-10(18)20-6-2)13(19)12-14-11(9(3)4)15-16-12/h9H,5-8H2,1-4H3,(H,14,15,16). The first kappa shape index (κ1) is 16.1. The molecule has 0 aliphatic heterocycles. The van der Waals surface area contributed by atoms with Gasteiger partial charge in [-0.05, 0) is 13.3 Å². The molecule has 1 heterocycles. The number of hydrogen-bond acceptors (Lipinski definition) is 5. The maximum absolute atomic E-state index is 12.3. The van der Waals surface area contributed by atoms with E-state index in [4.69, 9.17) is 4.74 Å². The summed E-state index contributed by atoms with van der Waals surface area (Å²) in [4.78, 5) is 29.4. The Morgan fingerprint density at radius 3 is 2.55 bits per heavy atom. The maximum atomic E-state index is 12.3. The number of carbonyl (C=O) groups excluding carboxylic acids is 2. The molecular weight excluding hydrogens is 260 g/mol. The molecule has 0 bridgehead atoms. The number of hydrogen-bond donors (Lipinski definition) is 1. The van der Waals surface area contributed by atoms with Crippen molar-refractivity contribution >= 4 is 11.9 Å². The van der Waals surface area contributed by atoms with Crippen LogP contribution in [0.4, 0.5) is 0 Å². The summed E-state index contributed by atoms with van der Waals surface area (Å²) in [6.45, 7) is 8.26. The molecule has 0 saturated carbocycles. The van der Waals surface area contributed by atoms with Crippen molar-refractivity contribution in [1.82, 2.24) is 20.1 Å². The predicted molar refractivity (Wildman–Crippen MR) is 73.3 cm³/mol. The number of nitrogens with one attached hydrogen (secondary N) is 1. The molecule has 0 atom stereocenters. The van der Waals surface area contributed by atoms with Gasteiger partial charge in [-0.25, -0.2) is 4.98 Å². The van der Waals surface area contributed by atoms with Gasteiger partial charge in [0.15, 0.2) is 0 Å². The summed E-state index contributed by atoms with van der Waals surface area (Å²) >= 11 is 0. The number of carbonyl (C=O) groups is 2.